The van der Waals surface area contributed by atoms with E-state index in [2.05, 4.69) is 25.4 Å². The van der Waals surface area contributed by atoms with E-state index >= 15 is 0 Å². The van der Waals surface area contributed by atoms with Crippen LogP contribution in [0.4, 0.5) is 10.1 Å². The number of oxime groups is 1. The number of benzene rings is 1. The van der Waals surface area contributed by atoms with Gasteiger partial charge in [0.05, 0.1) is 23.6 Å². The molecule has 1 atom stereocenters. The average Bonchev–Trinajstić information content (AvgIpc) is 2.68. The van der Waals surface area contributed by atoms with E-state index in [-0.39, 0.29) is 11.6 Å². The van der Waals surface area contributed by atoms with Crippen LogP contribution >= 0.6 is 11.8 Å². The Hall–Kier alpha value is -3.01. The Bertz CT molecular complexity index is 975. The summed E-state index contributed by atoms with van der Waals surface area (Å²) in [5, 5.41) is 6.89. The molecule has 0 bridgehead atoms. The van der Waals surface area contributed by atoms with Crippen molar-refractivity contribution in [2.75, 3.05) is 11.1 Å². The van der Waals surface area contributed by atoms with E-state index in [0.717, 1.165) is 11.5 Å². The molecule has 0 aliphatic carbocycles. The number of nitrogens with zero attached hydrogens (tertiary/aromatic N) is 4. The van der Waals surface area contributed by atoms with E-state index in [0.29, 0.717) is 22.8 Å². The number of aliphatic imine (C=N–C) groups is 1. The SMILES string of the molecule is CC(C)=NOc1cnc(C(=O)Nc2ccc(F)c([C@]3(C)CCSC(N)=N3)c2)cn1. The van der Waals surface area contributed by atoms with E-state index in [1.54, 1.807) is 19.9 Å². The fraction of sp³-hybridized carbons (Fsp3) is 0.316. The third kappa shape index (κ3) is 5.08. The summed E-state index contributed by atoms with van der Waals surface area (Å²) in [6.45, 7) is 5.38. The van der Waals surface area contributed by atoms with E-state index in [4.69, 9.17) is 10.6 Å². The number of hydrogen-bond donors (Lipinski definition) is 2. The van der Waals surface area contributed by atoms with Gasteiger partial charge in [0.15, 0.2) is 5.17 Å². The van der Waals surface area contributed by atoms with Crippen molar-refractivity contribution < 1.29 is 14.0 Å². The summed E-state index contributed by atoms with van der Waals surface area (Å²) < 4.78 is 14.5. The van der Waals surface area contributed by atoms with Crippen LogP contribution in [0.5, 0.6) is 5.88 Å². The van der Waals surface area contributed by atoms with E-state index in [1.807, 2.05) is 6.92 Å². The van der Waals surface area contributed by atoms with Gasteiger partial charge < -0.3 is 15.9 Å². The van der Waals surface area contributed by atoms with Crippen LogP contribution in [0.15, 0.2) is 40.7 Å². The minimum atomic E-state index is -0.781. The zero-order valence-corrected chi connectivity index (χ0v) is 17.1. The molecule has 3 N–H and O–H groups in total. The first kappa shape index (κ1) is 20.7. The number of halogens is 1. The van der Waals surface area contributed by atoms with Crippen molar-refractivity contribution in [3.05, 3.63) is 47.7 Å². The fourth-order valence-electron chi connectivity index (χ4n) is 2.71. The highest BCUT2D eigenvalue weighted by atomic mass is 32.2. The molecule has 8 nitrogen and oxygen atoms in total. The summed E-state index contributed by atoms with van der Waals surface area (Å²) in [7, 11) is 0. The minimum Gasteiger partial charge on any atom is -0.379 e. The number of rotatable bonds is 5. The minimum absolute atomic E-state index is 0.0861. The van der Waals surface area contributed by atoms with Crippen molar-refractivity contribution in [3.63, 3.8) is 0 Å². The Morgan fingerprint density at radius 2 is 2.14 bits per heavy atom. The zero-order chi connectivity index (χ0) is 21.0. The number of nitrogens with one attached hydrogen (secondary N) is 1. The second-order valence-corrected chi connectivity index (χ2v) is 7.96. The van der Waals surface area contributed by atoms with Crippen LogP contribution in [0.1, 0.15) is 43.2 Å². The quantitative estimate of drug-likeness (QED) is 0.571. The van der Waals surface area contributed by atoms with Gasteiger partial charge in [-0.3, -0.25) is 9.79 Å². The average molecular weight is 416 g/mol. The predicted molar refractivity (Wildman–Crippen MR) is 112 cm³/mol. The van der Waals surface area contributed by atoms with Crippen molar-refractivity contribution in [2.24, 2.45) is 15.9 Å². The van der Waals surface area contributed by atoms with Gasteiger partial charge in [-0.25, -0.2) is 14.4 Å². The molecule has 2 aromatic rings. The van der Waals surface area contributed by atoms with Gasteiger partial charge in [0.25, 0.3) is 11.8 Å². The molecular weight excluding hydrogens is 395 g/mol. The van der Waals surface area contributed by atoms with Crippen molar-refractivity contribution in [2.45, 2.75) is 32.7 Å². The lowest BCUT2D eigenvalue weighted by molar-refractivity contribution is 0.102. The van der Waals surface area contributed by atoms with Crippen molar-refractivity contribution in [1.29, 1.82) is 0 Å². The van der Waals surface area contributed by atoms with E-state index in [9.17, 15) is 9.18 Å². The molecule has 29 heavy (non-hydrogen) atoms. The smallest absolute Gasteiger partial charge is 0.275 e. The highest BCUT2D eigenvalue weighted by molar-refractivity contribution is 8.13. The number of nitrogens with two attached hydrogens (primary N) is 1. The summed E-state index contributed by atoms with van der Waals surface area (Å²) in [5.41, 5.74) is 6.65. The van der Waals surface area contributed by atoms with Crippen LogP contribution in [0.2, 0.25) is 0 Å². The Morgan fingerprint density at radius 1 is 1.34 bits per heavy atom. The van der Waals surface area contributed by atoms with Crippen LogP contribution in [-0.2, 0) is 5.54 Å². The molecule has 1 amide bonds. The van der Waals surface area contributed by atoms with Crippen LogP contribution < -0.4 is 15.9 Å². The lowest BCUT2D eigenvalue weighted by atomic mass is 9.89. The Morgan fingerprint density at radius 3 is 2.79 bits per heavy atom. The first-order chi connectivity index (χ1) is 13.8. The Kier molecular flexibility index (Phi) is 6.12. The monoisotopic (exact) mass is 416 g/mol. The number of aromatic nitrogens is 2. The number of thioether (sulfide) groups is 1. The maximum Gasteiger partial charge on any atom is 0.275 e. The third-order valence-corrected chi connectivity index (χ3v) is 4.98. The van der Waals surface area contributed by atoms with Crippen molar-refractivity contribution >= 4 is 34.2 Å². The maximum absolute atomic E-state index is 14.5. The van der Waals surface area contributed by atoms with Crippen LogP contribution in [0.25, 0.3) is 0 Å². The topological polar surface area (TPSA) is 115 Å². The fourth-order valence-corrected chi connectivity index (χ4v) is 3.68. The molecule has 10 heteroatoms. The first-order valence-electron chi connectivity index (χ1n) is 8.86. The highest BCUT2D eigenvalue weighted by Crippen LogP contribution is 2.37. The Labute approximate surface area is 171 Å². The normalized spacial score (nSPS) is 18.6. The van der Waals surface area contributed by atoms with Gasteiger partial charge in [-0.15, -0.1) is 0 Å². The lowest BCUT2D eigenvalue weighted by Crippen LogP contribution is -2.29. The highest BCUT2D eigenvalue weighted by Gasteiger charge is 2.32. The molecule has 152 valence electrons. The molecule has 1 aromatic heterocycles. The summed E-state index contributed by atoms with van der Waals surface area (Å²) in [5.74, 6) is 0.0320. The van der Waals surface area contributed by atoms with Crippen molar-refractivity contribution in [1.82, 2.24) is 9.97 Å². The summed E-state index contributed by atoms with van der Waals surface area (Å²) in [6, 6.07) is 4.36. The maximum atomic E-state index is 14.5. The van der Waals surface area contributed by atoms with Gasteiger partial charge in [-0.1, -0.05) is 16.9 Å². The lowest BCUT2D eigenvalue weighted by Gasteiger charge is -2.30. The number of anilines is 1. The van der Waals surface area contributed by atoms with Crippen LogP contribution in [-0.4, -0.2) is 32.5 Å². The molecule has 1 aliphatic rings. The van der Waals surface area contributed by atoms with E-state index in [1.165, 1.54) is 36.3 Å². The molecule has 0 unspecified atom stereocenters. The van der Waals surface area contributed by atoms with Gasteiger partial charge in [0.2, 0.25) is 0 Å². The molecule has 1 aromatic carbocycles. The molecule has 2 heterocycles. The molecule has 0 saturated carbocycles. The molecule has 3 rings (SSSR count). The second kappa shape index (κ2) is 8.56. The van der Waals surface area contributed by atoms with Crippen molar-refractivity contribution in [3.8, 4) is 5.88 Å². The largest absolute Gasteiger partial charge is 0.379 e. The number of carbonyl (C=O) groups is 1. The summed E-state index contributed by atoms with van der Waals surface area (Å²) in [4.78, 5) is 30.0. The standard InChI is InChI=1S/C19H21FN6O2S/c1-11(2)26-28-16-10-22-15(9-23-16)17(27)24-12-4-5-14(20)13(8-12)19(3)6-7-29-18(21)25-19/h4-5,8-10H,6-7H2,1-3H3,(H2,21,25)(H,24,27)/t19-/m0/s1. The van der Waals surface area contributed by atoms with Crippen LogP contribution in [0.3, 0.4) is 0 Å². The number of amidine groups is 1. The van der Waals surface area contributed by atoms with Gasteiger partial charge >= 0.3 is 0 Å². The first-order valence-corrected chi connectivity index (χ1v) is 9.85. The molecule has 0 fully saturated rings. The second-order valence-electron chi connectivity index (χ2n) is 6.84. The van der Waals surface area contributed by atoms with Crippen LogP contribution in [0, 0.1) is 5.82 Å². The van der Waals surface area contributed by atoms with E-state index < -0.39 is 17.3 Å². The number of carbonyl (C=O) groups excluding carboxylic acids is 1. The molecule has 0 saturated heterocycles. The molecule has 0 spiro atoms. The predicted octanol–water partition coefficient (Wildman–Crippen LogP) is 3.31. The Balaban J connectivity index is 1.77. The summed E-state index contributed by atoms with van der Waals surface area (Å²) in [6.07, 6.45) is 3.22. The third-order valence-electron chi connectivity index (χ3n) is 4.18. The zero-order valence-electron chi connectivity index (χ0n) is 16.3. The van der Waals surface area contributed by atoms with Gasteiger partial charge in [0.1, 0.15) is 11.5 Å². The summed E-state index contributed by atoms with van der Waals surface area (Å²) >= 11 is 1.44. The van der Waals surface area contributed by atoms with Gasteiger partial charge in [0, 0.05) is 17.0 Å². The molecule has 1 aliphatic heterocycles. The molecule has 0 radical (unpaired) electrons. The van der Waals surface area contributed by atoms with Gasteiger partial charge in [-0.05, 0) is 45.4 Å². The molecular formula is C19H21FN6O2S. The number of amides is 1. The van der Waals surface area contributed by atoms with Gasteiger partial charge in [-0.2, -0.15) is 0 Å². The number of hydrogen-bond acceptors (Lipinski definition) is 8.